The van der Waals surface area contributed by atoms with Crippen molar-refractivity contribution in [3.63, 3.8) is 0 Å². The molecule has 2 aromatic carbocycles. The SMILES string of the molecule is O=C(Nc1ccccc1F)C1=CC(Cl)(C(F)(F)F)CC(c2ccccc2)=C1O. The maximum atomic E-state index is 13.8. The number of anilines is 1. The minimum Gasteiger partial charge on any atom is -0.507 e. The minimum absolute atomic E-state index is 0.130. The molecule has 146 valence electrons. The van der Waals surface area contributed by atoms with E-state index in [0.29, 0.717) is 11.6 Å². The van der Waals surface area contributed by atoms with Crippen LogP contribution in [0, 0.1) is 5.82 Å². The number of allylic oxidation sites excluding steroid dienone is 2. The fourth-order valence-corrected chi connectivity index (χ4v) is 3.08. The van der Waals surface area contributed by atoms with Crippen molar-refractivity contribution >= 4 is 28.8 Å². The topological polar surface area (TPSA) is 49.3 Å². The molecule has 1 amide bonds. The molecular formula is C20H14ClF4NO2. The van der Waals surface area contributed by atoms with E-state index in [2.05, 4.69) is 5.32 Å². The largest absolute Gasteiger partial charge is 0.507 e. The number of hydrogen-bond acceptors (Lipinski definition) is 2. The lowest BCUT2D eigenvalue weighted by molar-refractivity contribution is -0.149. The average Bonchev–Trinajstić information content (AvgIpc) is 2.65. The molecule has 2 N–H and O–H groups in total. The summed E-state index contributed by atoms with van der Waals surface area (Å²) in [6, 6.07) is 13.0. The summed E-state index contributed by atoms with van der Waals surface area (Å²) in [7, 11) is 0. The molecule has 0 saturated carbocycles. The lowest BCUT2D eigenvalue weighted by atomic mass is 9.84. The summed E-state index contributed by atoms with van der Waals surface area (Å²) < 4.78 is 54.6. The highest BCUT2D eigenvalue weighted by Gasteiger charge is 2.55. The van der Waals surface area contributed by atoms with E-state index in [-0.39, 0.29) is 11.3 Å². The molecule has 1 unspecified atom stereocenters. The number of nitrogens with one attached hydrogen (secondary N) is 1. The van der Waals surface area contributed by atoms with Crippen molar-refractivity contribution in [2.45, 2.75) is 17.5 Å². The Morgan fingerprint density at radius 1 is 1.07 bits per heavy atom. The monoisotopic (exact) mass is 411 g/mol. The summed E-state index contributed by atoms with van der Waals surface area (Å²) in [5, 5.41) is 12.7. The molecule has 0 saturated heterocycles. The van der Waals surface area contributed by atoms with Crippen LogP contribution in [-0.4, -0.2) is 22.1 Å². The van der Waals surface area contributed by atoms with Crippen molar-refractivity contribution in [2.75, 3.05) is 5.32 Å². The summed E-state index contributed by atoms with van der Waals surface area (Å²) in [4.78, 5) is 9.66. The van der Waals surface area contributed by atoms with Crippen LogP contribution < -0.4 is 5.32 Å². The van der Waals surface area contributed by atoms with E-state index in [4.69, 9.17) is 11.6 Å². The zero-order chi connectivity index (χ0) is 20.5. The maximum absolute atomic E-state index is 13.8. The predicted octanol–water partition coefficient (Wildman–Crippen LogP) is 5.60. The average molecular weight is 412 g/mol. The fraction of sp³-hybridized carbons (Fsp3) is 0.150. The number of amides is 1. The molecule has 28 heavy (non-hydrogen) atoms. The smallest absolute Gasteiger partial charge is 0.411 e. The first kappa shape index (κ1) is 19.9. The van der Waals surface area contributed by atoms with Crippen molar-refractivity contribution < 1.29 is 27.5 Å². The van der Waals surface area contributed by atoms with E-state index in [1.54, 1.807) is 18.2 Å². The molecular weight excluding hydrogens is 398 g/mol. The van der Waals surface area contributed by atoms with Gasteiger partial charge in [-0.15, -0.1) is 11.6 Å². The maximum Gasteiger partial charge on any atom is 0.411 e. The fourth-order valence-electron chi connectivity index (χ4n) is 2.84. The molecule has 0 aromatic heterocycles. The number of rotatable bonds is 3. The second-order valence-electron chi connectivity index (χ2n) is 6.22. The van der Waals surface area contributed by atoms with E-state index in [1.807, 2.05) is 0 Å². The van der Waals surface area contributed by atoms with Crippen LogP contribution in [-0.2, 0) is 4.79 Å². The van der Waals surface area contributed by atoms with Crippen LogP contribution in [0.5, 0.6) is 0 Å². The highest BCUT2D eigenvalue weighted by Crippen LogP contribution is 2.48. The van der Waals surface area contributed by atoms with Crippen LogP contribution in [0.25, 0.3) is 5.57 Å². The van der Waals surface area contributed by atoms with Gasteiger partial charge in [0.25, 0.3) is 5.91 Å². The molecule has 0 radical (unpaired) electrons. The zero-order valence-corrected chi connectivity index (χ0v) is 15.0. The number of benzene rings is 2. The van der Waals surface area contributed by atoms with Gasteiger partial charge in [0.15, 0.2) is 4.87 Å². The normalized spacial score (nSPS) is 20.0. The molecule has 0 spiro atoms. The third-order valence-corrected chi connectivity index (χ3v) is 4.77. The van der Waals surface area contributed by atoms with Crippen molar-refractivity contribution in [1.82, 2.24) is 0 Å². The van der Waals surface area contributed by atoms with Crippen LogP contribution >= 0.6 is 11.6 Å². The van der Waals surface area contributed by atoms with E-state index in [9.17, 15) is 27.5 Å². The van der Waals surface area contributed by atoms with Crippen molar-refractivity contribution in [3.8, 4) is 0 Å². The number of halogens is 5. The summed E-state index contributed by atoms with van der Waals surface area (Å²) in [5.74, 6) is -2.52. The first-order valence-corrected chi connectivity index (χ1v) is 8.52. The van der Waals surface area contributed by atoms with Crippen LogP contribution in [0.2, 0.25) is 0 Å². The molecule has 0 heterocycles. The lowest BCUT2D eigenvalue weighted by Gasteiger charge is -2.32. The molecule has 2 aromatic rings. The van der Waals surface area contributed by atoms with Crippen LogP contribution in [0.3, 0.4) is 0 Å². The molecule has 0 aliphatic heterocycles. The van der Waals surface area contributed by atoms with Gasteiger partial charge in [-0.25, -0.2) is 4.39 Å². The quantitative estimate of drug-likeness (QED) is 0.510. The van der Waals surface area contributed by atoms with Crippen molar-refractivity contribution in [1.29, 1.82) is 0 Å². The molecule has 3 nitrogen and oxygen atoms in total. The molecule has 0 bridgehead atoms. The van der Waals surface area contributed by atoms with Gasteiger partial charge in [0.05, 0.1) is 11.3 Å². The lowest BCUT2D eigenvalue weighted by Crippen LogP contribution is -2.41. The molecule has 1 aliphatic carbocycles. The standard InChI is InChI=1S/C20H14ClF4NO2/c21-19(20(23,24)25)10-13(12-6-2-1-3-7-12)17(27)14(11-19)18(28)26-16-9-5-4-8-15(16)22/h1-9,11,27H,10H2,(H,26,28). The van der Waals surface area contributed by atoms with Gasteiger partial charge >= 0.3 is 6.18 Å². The first-order valence-electron chi connectivity index (χ1n) is 8.15. The van der Waals surface area contributed by atoms with Gasteiger partial charge < -0.3 is 10.4 Å². The van der Waals surface area contributed by atoms with Crippen LogP contribution in [0.1, 0.15) is 12.0 Å². The Kier molecular flexibility index (Phi) is 5.21. The van der Waals surface area contributed by atoms with Crippen LogP contribution in [0.15, 0.2) is 72.0 Å². The van der Waals surface area contributed by atoms with E-state index in [1.165, 1.54) is 30.3 Å². The second-order valence-corrected chi connectivity index (χ2v) is 6.90. The Labute approximate surface area is 162 Å². The highest BCUT2D eigenvalue weighted by molar-refractivity contribution is 6.28. The number of carbonyl (C=O) groups is 1. The molecule has 0 fully saturated rings. The Balaban J connectivity index is 2.08. The third kappa shape index (κ3) is 3.75. The van der Waals surface area contributed by atoms with Gasteiger partial charge in [-0.1, -0.05) is 42.5 Å². The zero-order valence-electron chi connectivity index (χ0n) is 14.2. The van der Waals surface area contributed by atoms with Gasteiger partial charge in [-0.2, -0.15) is 13.2 Å². The summed E-state index contributed by atoms with van der Waals surface area (Å²) >= 11 is 5.83. The van der Waals surface area contributed by atoms with Crippen LogP contribution in [0.4, 0.5) is 23.2 Å². The third-order valence-electron chi connectivity index (χ3n) is 4.31. The number of aliphatic hydroxyl groups is 1. The van der Waals surface area contributed by atoms with Gasteiger partial charge in [0.1, 0.15) is 11.6 Å². The Morgan fingerprint density at radius 3 is 2.29 bits per heavy atom. The highest BCUT2D eigenvalue weighted by atomic mass is 35.5. The van der Waals surface area contributed by atoms with E-state index in [0.717, 1.165) is 6.07 Å². The van der Waals surface area contributed by atoms with Gasteiger partial charge in [0.2, 0.25) is 0 Å². The molecule has 8 heteroatoms. The van der Waals surface area contributed by atoms with Gasteiger partial charge in [0, 0.05) is 12.0 Å². The molecule has 1 atom stereocenters. The second kappa shape index (κ2) is 7.31. The van der Waals surface area contributed by atoms with Gasteiger partial charge in [-0.3, -0.25) is 4.79 Å². The molecule has 1 aliphatic rings. The predicted molar refractivity (Wildman–Crippen MR) is 98.4 cm³/mol. The number of para-hydroxylation sites is 1. The van der Waals surface area contributed by atoms with Crippen molar-refractivity contribution in [3.05, 3.63) is 83.4 Å². The summed E-state index contributed by atoms with van der Waals surface area (Å²) in [6.07, 6.45) is -5.18. The summed E-state index contributed by atoms with van der Waals surface area (Å²) in [5.41, 5.74) is -0.756. The van der Waals surface area contributed by atoms with Gasteiger partial charge in [-0.05, 0) is 23.8 Å². The minimum atomic E-state index is -4.89. The molecule has 3 rings (SSSR count). The van der Waals surface area contributed by atoms with E-state index < -0.39 is 40.5 Å². The number of carbonyl (C=O) groups excluding carboxylic acids is 1. The van der Waals surface area contributed by atoms with Crippen molar-refractivity contribution in [2.24, 2.45) is 0 Å². The number of aliphatic hydroxyl groups excluding tert-OH is 1. The first-order chi connectivity index (χ1) is 13.1. The Hall–Kier alpha value is -2.80. The number of hydrogen-bond donors (Lipinski definition) is 2. The number of alkyl halides is 4. The summed E-state index contributed by atoms with van der Waals surface area (Å²) in [6.45, 7) is 0. The van der Waals surface area contributed by atoms with E-state index >= 15 is 0 Å². The Morgan fingerprint density at radius 2 is 1.68 bits per heavy atom. The Bertz CT molecular complexity index is 970.